The summed E-state index contributed by atoms with van der Waals surface area (Å²) in [6.45, 7) is 8.33. The molecule has 0 unspecified atom stereocenters. The molecule has 0 spiro atoms. The third-order valence-corrected chi connectivity index (χ3v) is 4.95. The number of pyridine rings is 1. The number of benzene rings is 1. The van der Waals surface area contributed by atoms with Gasteiger partial charge in [0, 0.05) is 31.5 Å². The van der Waals surface area contributed by atoms with Crippen LogP contribution in [0.15, 0.2) is 24.3 Å². The molecule has 0 atom stereocenters. The largest absolute Gasteiger partial charge is 0.385 e. The van der Waals surface area contributed by atoms with Crippen molar-refractivity contribution in [3.05, 3.63) is 52.2 Å². The van der Waals surface area contributed by atoms with Crippen molar-refractivity contribution in [2.75, 3.05) is 27.8 Å². The van der Waals surface area contributed by atoms with E-state index in [1.165, 1.54) is 27.8 Å². The monoisotopic (exact) mass is 354 g/mol. The van der Waals surface area contributed by atoms with Crippen LogP contribution in [0.3, 0.4) is 0 Å². The van der Waals surface area contributed by atoms with Crippen molar-refractivity contribution >= 4 is 0 Å². The van der Waals surface area contributed by atoms with Crippen LogP contribution in [0.1, 0.15) is 48.2 Å². The molecule has 2 rings (SSSR count). The predicted octanol–water partition coefficient (Wildman–Crippen LogP) is 4.82. The molecule has 26 heavy (non-hydrogen) atoms. The first-order valence-electron chi connectivity index (χ1n) is 9.75. The molecule has 2 aromatic rings. The third kappa shape index (κ3) is 4.93. The Balaban J connectivity index is 2.57. The van der Waals surface area contributed by atoms with Gasteiger partial charge in [0.2, 0.25) is 0 Å². The summed E-state index contributed by atoms with van der Waals surface area (Å²) >= 11 is 0. The van der Waals surface area contributed by atoms with Gasteiger partial charge in [0.1, 0.15) is 0 Å². The van der Waals surface area contributed by atoms with Gasteiger partial charge in [-0.25, -0.2) is 0 Å². The minimum absolute atomic E-state index is 0.796. The lowest BCUT2D eigenvalue weighted by molar-refractivity contribution is 0.195. The van der Waals surface area contributed by atoms with Crippen molar-refractivity contribution in [1.82, 2.24) is 9.88 Å². The van der Waals surface area contributed by atoms with Crippen LogP contribution >= 0.6 is 0 Å². The molecule has 1 aromatic carbocycles. The maximum atomic E-state index is 5.28. The summed E-state index contributed by atoms with van der Waals surface area (Å²) in [5.74, 6) is 0. The zero-order valence-corrected chi connectivity index (χ0v) is 17.4. The molecule has 0 amide bonds. The molecule has 0 saturated carbocycles. The van der Waals surface area contributed by atoms with E-state index in [-0.39, 0.29) is 0 Å². The van der Waals surface area contributed by atoms with Crippen LogP contribution in [-0.2, 0) is 30.5 Å². The Hall–Kier alpha value is -1.71. The highest BCUT2D eigenvalue weighted by Gasteiger charge is 2.15. The van der Waals surface area contributed by atoms with Crippen molar-refractivity contribution in [2.45, 2.75) is 53.0 Å². The lowest BCUT2D eigenvalue weighted by Gasteiger charge is -2.20. The summed E-state index contributed by atoms with van der Waals surface area (Å²) in [5, 5.41) is 0. The Bertz CT molecular complexity index is 700. The van der Waals surface area contributed by atoms with Gasteiger partial charge in [0.05, 0.1) is 5.69 Å². The lowest BCUT2D eigenvalue weighted by Crippen LogP contribution is -2.15. The number of hydrogen-bond acceptors (Lipinski definition) is 3. The highest BCUT2D eigenvalue weighted by molar-refractivity contribution is 5.69. The average Bonchev–Trinajstić information content (AvgIpc) is 2.63. The molecular formula is C23H34N2O. The molecule has 0 aliphatic rings. The number of methoxy groups -OCH3 is 1. The molecule has 1 heterocycles. The second kappa shape index (κ2) is 9.84. The summed E-state index contributed by atoms with van der Waals surface area (Å²) in [5.41, 5.74) is 9.17. The van der Waals surface area contributed by atoms with Crippen LogP contribution in [0.25, 0.3) is 11.3 Å². The molecule has 1 aromatic heterocycles. The maximum absolute atomic E-state index is 5.28. The minimum atomic E-state index is 0.796. The van der Waals surface area contributed by atoms with Crippen LogP contribution in [-0.4, -0.2) is 37.7 Å². The van der Waals surface area contributed by atoms with E-state index in [1.54, 1.807) is 7.11 Å². The van der Waals surface area contributed by atoms with Gasteiger partial charge in [0.15, 0.2) is 0 Å². The normalized spacial score (nSPS) is 11.3. The molecule has 142 valence electrons. The highest BCUT2D eigenvalue weighted by atomic mass is 16.5. The lowest BCUT2D eigenvalue weighted by atomic mass is 9.92. The number of aromatic nitrogens is 1. The van der Waals surface area contributed by atoms with Crippen molar-refractivity contribution in [2.24, 2.45) is 0 Å². The van der Waals surface area contributed by atoms with Crippen molar-refractivity contribution in [1.29, 1.82) is 0 Å². The Morgan fingerprint density at radius 3 is 2.23 bits per heavy atom. The summed E-state index contributed by atoms with van der Waals surface area (Å²) in [6.07, 6.45) is 4.13. The first-order valence-corrected chi connectivity index (χ1v) is 9.75. The quantitative estimate of drug-likeness (QED) is 0.604. The van der Waals surface area contributed by atoms with E-state index >= 15 is 0 Å². The number of ether oxygens (including phenoxy) is 1. The summed E-state index contributed by atoms with van der Waals surface area (Å²) in [6, 6.07) is 8.98. The molecule has 0 bridgehead atoms. The van der Waals surface area contributed by atoms with Crippen LogP contribution in [0, 0.1) is 6.92 Å². The van der Waals surface area contributed by atoms with Gasteiger partial charge in [-0.1, -0.05) is 32.0 Å². The Morgan fingerprint density at radius 1 is 1.04 bits per heavy atom. The smallest absolute Gasteiger partial charge is 0.0713 e. The first-order chi connectivity index (χ1) is 12.5. The Kier molecular flexibility index (Phi) is 7.80. The van der Waals surface area contributed by atoms with E-state index in [0.29, 0.717) is 0 Å². The third-order valence-electron chi connectivity index (χ3n) is 4.95. The van der Waals surface area contributed by atoms with Crippen LogP contribution < -0.4 is 0 Å². The molecule has 0 fully saturated rings. The highest BCUT2D eigenvalue weighted by Crippen LogP contribution is 2.30. The number of hydrogen-bond donors (Lipinski definition) is 0. The second-order valence-corrected chi connectivity index (χ2v) is 7.22. The second-order valence-electron chi connectivity index (χ2n) is 7.22. The molecular weight excluding hydrogens is 320 g/mol. The van der Waals surface area contributed by atoms with Crippen LogP contribution in [0.4, 0.5) is 0 Å². The first kappa shape index (κ1) is 20.6. The number of rotatable bonds is 9. The molecule has 3 nitrogen and oxygen atoms in total. The fourth-order valence-electron chi connectivity index (χ4n) is 3.63. The van der Waals surface area contributed by atoms with Crippen molar-refractivity contribution in [3.63, 3.8) is 0 Å². The van der Waals surface area contributed by atoms with Gasteiger partial charge >= 0.3 is 0 Å². The van der Waals surface area contributed by atoms with Gasteiger partial charge in [0.25, 0.3) is 0 Å². The zero-order valence-electron chi connectivity index (χ0n) is 17.4. The molecule has 0 N–H and O–H groups in total. The summed E-state index contributed by atoms with van der Waals surface area (Å²) in [7, 11) is 6.01. The Morgan fingerprint density at radius 2 is 1.69 bits per heavy atom. The van der Waals surface area contributed by atoms with Gasteiger partial charge in [-0.3, -0.25) is 4.98 Å². The van der Waals surface area contributed by atoms with E-state index < -0.39 is 0 Å². The van der Waals surface area contributed by atoms with Gasteiger partial charge in [-0.2, -0.15) is 0 Å². The van der Waals surface area contributed by atoms with E-state index in [4.69, 9.17) is 9.72 Å². The van der Waals surface area contributed by atoms with Gasteiger partial charge in [-0.05, 0) is 75.0 Å². The van der Waals surface area contributed by atoms with Crippen molar-refractivity contribution < 1.29 is 4.74 Å². The SMILES string of the molecule is CCc1cccc(CC)c1-c1cc(CCCOC)c(CN(C)C)c(C)n1. The standard InChI is InChI=1S/C23H34N2O/c1-7-18-11-9-12-19(8-2)23(18)22-15-20(13-10-14-26-6)21(16-25(4)5)17(3)24-22/h9,11-12,15H,7-8,10,13-14,16H2,1-6H3. The number of nitrogens with zero attached hydrogens (tertiary/aromatic N) is 2. The van der Waals surface area contributed by atoms with E-state index in [0.717, 1.165) is 50.2 Å². The summed E-state index contributed by atoms with van der Waals surface area (Å²) < 4.78 is 5.28. The van der Waals surface area contributed by atoms with Crippen LogP contribution in [0.5, 0.6) is 0 Å². The molecule has 0 radical (unpaired) electrons. The Labute approximate surface area is 159 Å². The molecule has 0 aliphatic heterocycles. The van der Waals surface area contributed by atoms with E-state index in [2.05, 4.69) is 64.0 Å². The minimum Gasteiger partial charge on any atom is -0.385 e. The average molecular weight is 355 g/mol. The number of aryl methyl sites for hydroxylation is 4. The van der Waals surface area contributed by atoms with Gasteiger partial charge in [-0.15, -0.1) is 0 Å². The molecule has 0 saturated heterocycles. The van der Waals surface area contributed by atoms with Crippen LogP contribution in [0.2, 0.25) is 0 Å². The summed E-state index contributed by atoms with van der Waals surface area (Å²) in [4.78, 5) is 7.27. The van der Waals surface area contributed by atoms with Crippen molar-refractivity contribution in [3.8, 4) is 11.3 Å². The van der Waals surface area contributed by atoms with Gasteiger partial charge < -0.3 is 9.64 Å². The fourth-order valence-corrected chi connectivity index (χ4v) is 3.63. The topological polar surface area (TPSA) is 25.4 Å². The molecule has 0 aliphatic carbocycles. The predicted molar refractivity (Wildman–Crippen MR) is 111 cm³/mol. The van der Waals surface area contributed by atoms with E-state index in [9.17, 15) is 0 Å². The zero-order chi connectivity index (χ0) is 19.1. The maximum Gasteiger partial charge on any atom is 0.0713 e. The fraction of sp³-hybridized carbons (Fsp3) is 0.522. The molecule has 3 heteroatoms. The van der Waals surface area contributed by atoms with E-state index in [1.807, 2.05) is 0 Å².